The van der Waals surface area contributed by atoms with E-state index in [-0.39, 0.29) is 11.8 Å². The number of aryl methyl sites for hydroxylation is 1. The fourth-order valence-corrected chi connectivity index (χ4v) is 3.24. The van der Waals surface area contributed by atoms with E-state index in [0.717, 1.165) is 50.3 Å². The molecule has 110 valence electrons. The molecule has 3 rings (SSSR count). The summed E-state index contributed by atoms with van der Waals surface area (Å²) in [7, 11) is 1.71. The monoisotopic (exact) mass is 277 g/mol. The van der Waals surface area contributed by atoms with Gasteiger partial charge in [-0.05, 0) is 37.0 Å². The molecule has 0 radical (unpaired) electrons. The Morgan fingerprint density at radius 3 is 2.90 bits per heavy atom. The smallest absolute Gasteiger partial charge is 0.183 e. The molecule has 20 heavy (non-hydrogen) atoms. The Labute approximate surface area is 120 Å². The van der Waals surface area contributed by atoms with Crippen LogP contribution in [-0.4, -0.2) is 32.2 Å². The molecular formula is C16H23NO3. The van der Waals surface area contributed by atoms with Crippen molar-refractivity contribution in [1.29, 1.82) is 0 Å². The van der Waals surface area contributed by atoms with Gasteiger partial charge in [0, 0.05) is 13.0 Å². The van der Waals surface area contributed by atoms with Gasteiger partial charge >= 0.3 is 0 Å². The Kier molecular flexibility index (Phi) is 3.96. The summed E-state index contributed by atoms with van der Waals surface area (Å²) in [6.07, 6.45) is 3.28. The molecule has 1 aliphatic heterocycles. The van der Waals surface area contributed by atoms with Crippen molar-refractivity contribution in [2.45, 2.75) is 44.6 Å². The van der Waals surface area contributed by atoms with E-state index in [4.69, 9.17) is 14.2 Å². The third-order valence-corrected chi connectivity index (χ3v) is 4.35. The predicted molar refractivity (Wildman–Crippen MR) is 76.8 cm³/mol. The zero-order chi connectivity index (χ0) is 14.0. The highest BCUT2D eigenvalue weighted by molar-refractivity contribution is 5.36. The second-order valence-corrected chi connectivity index (χ2v) is 5.64. The Balaban J connectivity index is 1.64. The number of hydrogen-bond donors (Lipinski definition) is 1. The lowest BCUT2D eigenvalue weighted by molar-refractivity contribution is -0.166. The number of nitrogens with one attached hydrogen (secondary N) is 1. The van der Waals surface area contributed by atoms with Crippen LogP contribution in [0.1, 0.15) is 30.4 Å². The topological polar surface area (TPSA) is 39.7 Å². The van der Waals surface area contributed by atoms with E-state index in [0.29, 0.717) is 0 Å². The van der Waals surface area contributed by atoms with Gasteiger partial charge in [0.25, 0.3) is 0 Å². The standard InChI is InChI=1S/C16H23NO3/c1-12-5-6-13(10-14(12)18-2)11-17-15-4-3-7-16(15)19-8-9-20-16/h5-6,10,15,17H,3-4,7-9,11H2,1-2H3. The molecule has 1 unspecified atom stereocenters. The Morgan fingerprint density at radius 1 is 1.35 bits per heavy atom. The van der Waals surface area contributed by atoms with Crippen molar-refractivity contribution in [3.05, 3.63) is 29.3 Å². The average Bonchev–Trinajstić information content (AvgIpc) is 3.09. The van der Waals surface area contributed by atoms with E-state index in [1.807, 2.05) is 0 Å². The first kappa shape index (κ1) is 13.9. The van der Waals surface area contributed by atoms with Crippen LogP contribution in [0.15, 0.2) is 18.2 Å². The fraction of sp³-hybridized carbons (Fsp3) is 0.625. The van der Waals surface area contributed by atoms with E-state index < -0.39 is 0 Å². The molecule has 4 nitrogen and oxygen atoms in total. The van der Waals surface area contributed by atoms with E-state index >= 15 is 0 Å². The van der Waals surface area contributed by atoms with Crippen molar-refractivity contribution >= 4 is 0 Å². The van der Waals surface area contributed by atoms with Crippen LogP contribution >= 0.6 is 0 Å². The minimum atomic E-state index is -0.366. The molecule has 0 bridgehead atoms. The molecule has 2 aliphatic rings. The Hall–Kier alpha value is -1.10. The minimum Gasteiger partial charge on any atom is -0.496 e. The first-order valence-electron chi connectivity index (χ1n) is 7.38. The van der Waals surface area contributed by atoms with Gasteiger partial charge in [-0.1, -0.05) is 12.1 Å². The third-order valence-electron chi connectivity index (χ3n) is 4.35. The summed E-state index contributed by atoms with van der Waals surface area (Å²) in [5.41, 5.74) is 2.39. The zero-order valence-corrected chi connectivity index (χ0v) is 12.3. The molecule has 1 saturated carbocycles. The number of methoxy groups -OCH3 is 1. The molecule has 4 heteroatoms. The maximum atomic E-state index is 5.86. The van der Waals surface area contributed by atoms with E-state index in [9.17, 15) is 0 Å². The summed E-state index contributed by atoms with van der Waals surface area (Å²) < 4.78 is 17.1. The quantitative estimate of drug-likeness (QED) is 0.917. The molecule has 0 aromatic heterocycles. The highest BCUT2D eigenvalue weighted by atomic mass is 16.7. The van der Waals surface area contributed by atoms with Crippen LogP contribution in [0.25, 0.3) is 0 Å². The largest absolute Gasteiger partial charge is 0.496 e. The minimum absolute atomic E-state index is 0.289. The van der Waals surface area contributed by atoms with Gasteiger partial charge in [0.1, 0.15) is 5.75 Å². The van der Waals surface area contributed by atoms with Crippen LogP contribution in [0.2, 0.25) is 0 Å². The zero-order valence-electron chi connectivity index (χ0n) is 12.3. The normalized spacial score (nSPS) is 24.4. The fourth-order valence-electron chi connectivity index (χ4n) is 3.24. The molecule has 1 spiro atoms. The lowest BCUT2D eigenvalue weighted by Gasteiger charge is -2.30. The molecule has 1 heterocycles. The van der Waals surface area contributed by atoms with Crippen molar-refractivity contribution in [3.63, 3.8) is 0 Å². The van der Waals surface area contributed by atoms with E-state index in [2.05, 4.69) is 30.4 Å². The van der Waals surface area contributed by atoms with Gasteiger partial charge in [-0.3, -0.25) is 0 Å². The van der Waals surface area contributed by atoms with Crippen molar-refractivity contribution in [2.24, 2.45) is 0 Å². The number of benzene rings is 1. The summed E-state index contributed by atoms with van der Waals surface area (Å²) in [6, 6.07) is 6.63. The molecule has 1 aromatic rings. The number of rotatable bonds is 4. The molecule has 1 atom stereocenters. The van der Waals surface area contributed by atoms with Gasteiger partial charge in [0.05, 0.1) is 26.4 Å². The van der Waals surface area contributed by atoms with Crippen LogP contribution in [0.4, 0.5) is 0 Å². The van der Waals surface area contributed by atoms with Crippen LogP contribution in [0, 0.1) is 6.92 Å². The molecular weight excluding hydrogens is 254 g/mol. The molecule has 1 saturated heterocycles. The maximum absolute atomic E-state index is 5.86. The summed E-state index contributed by atoms with van der Waals surface area (Å²) in [4.78, 5) is 0. The molecule has 1 N–H and O–H groups in total. The molecule has 2 fully saturated rings. The third kappa shape index (κ3) is 2.55. The summed E-state index contributed by atoms with van der Waals surface area (Å²) in [6.45, 7) is 4.31. The van der Waals surface area contributed by atoms with E-state index in [1.165, 1.54) is 5.56 Å². The van der Waals surface area contributed by atoms with Crippen molar-refractivity contribution in [3.8, 4) is 5.75 Å². The van der Waals surface area contributed by atoms with Crippen LogP contribution in [0.3, 0.4) is 0 Å². The van der Waals surface area contributed by atoms with Crippen molar-refractivity contribution in [2.75, 3.05) is 20.3 Å². The first-order chi connectivity index (χ1) is 9.73. The first-order valence-corrected chi connectivity index (χ1v) is 7.38. The summed E-state index contributed by atoms with van der Waals surface area (Å²) in [5.74, 6) is 0.577. The highest BCUT2D eigenvalue weighted by Crippen LogP contribution is 2.37. The van der Waals surface area contributed by atoms with Gasteiger partial charge in [0.15, 0.2) is 5.79 Å². The number of ether oxygens (including phenoxy) is 3. The summed E-state index contributed by atoms with van der Waals surface area (Å²) in [5, 5.41) is 3.60. The van der Waals surface area contributed by atoms with Gasteiger partial charge in [0.2, 0.25) is 0 Å². The van der Waals surface area contributed by atoms with E-state index in [1.54, 1.807) is 7.11 Å². The Bertz CT molecular complexity index is 463. The van der Waals surface area contributed by atoms with Gasteiger partial charge in [-0.25, -0.2) is 0 Å². The SMILES string of the molecule is COc1cc(CNC2CCCC23OCCO3)ccc1C. The summed E-state index contributed by atoms with van der Waals surface area (Å²) >= 11 is 0. The van der Waals surface area contributed by atoms with Gasteiger partial charge < -0.3 is 19.5 Å². The molecule has 0 amide bonds. The molecule has 1 aliphatic carbocycles. The van der Waals surface area contributed by atoms with Crippen LogP contribution < -0.4 is 10.1 Å². The Morgan fingerprint density at radius 2 is 2.15 bits per heavy atom. The lowest BCUT2D eigenvalue weighted by Crippen LogP contribution is -2.47. The average molecular weight is 277 g/mol. The second kappa shape index (κ2) is 5.72. The lowest BCUT2D eigenvalue weighted by atomic mass is 10.1. The van der Waals surface area contributed by atoms with Gasteiger partial charge in [-0.2, -0.15) is 0 Å². The molecule has 1 aromatic carbocycles. The number of hydrogen-bond acceptors (Lipinski definition) is 4. The maximum Gasteiger partial charge on any atom is 0.183 e. The van der Waals surface area contributed by atoms with Crippen LogP contribution in [-0.2, 0) is 16.0 Å². The van der Waals surface area contributed by atoms with Crippen molar-refractivity contribution in [1.82, 2.24) is 5.32 Å². The van der Waals surface area contributed by atoms with Gasteiger partial charge in [-0.15, -0.1) is 0 Å². The second-order valence-electron chi connectivity index (χ2n) is 5.64. The predicted octanol–water partition coefficient (Wildman–Crippen LogP) is 2.39. The van der Waals surface area contributed by atoms with Crippen LogP contribution in [0.5, 0.6) is 5.75 Å². The van der Waals surface area contributed by atoms with Crippen molar-refractivity contribution < 1.29 is 14.2 Å². The highest BCUT2D eigenvalue weighted by Gasteiger charge is 2.47.